The maximum Gasteiger partial charge on any atom is 0.244 e. The Balaban J connectivity index is 1.95. The van der Waals surface area contributed by atoms with Crippen molar-refractivity contribution >= 4 is 12.0 Å². The van der Waals surface area contributed by atoms with Crippen LogP contribution in [0.15, 0.2) is 42.6 Å². The molecule has 27 heavy (non-hydrogen) atoms. The van der Waals surface area contributed by atoms with Gasteiger partial charge in [-0.1, -0.05) is 24.3 Å². The van der Waals surface area contributed by atoms with Crippen LogP contribution in [0.5, 0.6) is 17.2 Å². The van der Waals surface area contributed by atoms with Gasteiger partial charge in [-0.3, -0.25) is 9.78 Å². The predicted molar refractivity (Wildman–Crippen MR) is 101 cm³/mol. The standard InChI is InChI=1S/C20H22N2O5/c1-13-20(26)16(15(12-23)10-21-13)11-22-19(25)6-4-3-5-14-7-8-17(24)18(9-14)27-2/h3-10,23-24,26H,11-12H2,1-2H3,(H,22,25). The smallest absolute Gasteiger partial charge is 0.244 e. The maximum absolute atomic E-state index is 11.9. The van der Waals surface area contributed by atoms with E-state index in [0.717, 1.165) is 5.56 Å². The monoisotopic (exact) mass is 370 g/mol. The Kier molecular flexibility index (Phi) is 6.96. The van der Waals surface area contributed by atoms with Gasteiger partial charge in [-0.05, 0) is 24.6 Å². The number of carbonyl (C=O) groups is 1. The number of phenolic OH excluding ortho intramolecular Hbond substituents is 1. The lowest BCUT2D eigenvalue weighted by molar-refractivity contribution is -0.116. The highest BCUT2D eigenvalue weighted by Crippen LogP contribution is 2.26. The van der Waals surface area contributed by atoms with Crippen LogP contribution in [0.1, 0.15) is 22.4 Å². The van der Waals surface area contributed by atoms with E-state index in [-0.39, 0.29) is 30.6 Å². The van der Waals surface area contributed by atoms with Crippen LogP contribution in [-0.2, 0) is 17.9 Å². The molecule has 7 heteroatoms. The number of aliphatic hydroxyl groups is 1. The van der Waals surface area contributed by atoms with Crippen molar-refractivity contribution in [2.75, 3.05) is 7.11 Å². The van der Waals surface area contributed by atoms with E-state index in [0.29, 0.717) is 22.6 Å². The fourth-order valence-electron chi connectivity index (χ4n) is 2.36. The van der Waals surface area contributed by atoms with Crippen LogP contribution >= 0.6 is 0 Å². The minimum atomic E-state index is -0.347. The molecule has 0 unspecified atom stereocenters. The van der Waals surface area contributed by atoms with E-state index in [1.807, 2.05) is 0 Å². The Labute approximate surface area is 157 Å². The Bertz CT molecular complexity index is 875. The predicted octanol–water partition coefficient (Wildman–Crippen LogP) is 2.19. The number of carbonyl (C=O) groups excluding carboxylic acids is 1. The molecule has 2 rings (SSSR count). The molecule has 1 heterocycles. The zero-order valence-electron chi connectivity index (χ0n) is 15.1. The van der Waals surface area contributed by atoms with Crippen molar-refractivity contribution in [3.05, 3.63) is 65.0 Å². The number of amides is 1. The van der Waals surface area contributed by atoms with Crippen LogP contribution in [0.3, 0.4) is 0 Å². The number of phenols is 1. The number of nitrogens with one attached hydrogen (secondary N) is 1. The second kappa shape index (κ2) is 9.40. The number of nitrogens with zero attached hydrogens (tertiary/aromatic N) is 1. The van der Waals surface area contributed by atoms with E-state index in [9.17, 15) is 20.1 Å². The number of aryl methyl sites for hydroxylation is 1. The summed E-state index contributed by atoms with van der Waals surface area (Å²) < 4.78 is 5.03. The van der Waals surface area contributed by atoms with Gasteiger partial charge >= 0.3 is 0 Å². The third-order valence-electron chi connectivity index (χ3n) is 3.89. The summed E-state index contributed by atoms with van der Waals surface area (Å²) in [4.78, 5) is 15.9. The summed E-state index contributed by atoms with van der Waals surface area (Å²) in [6, 6.07) is 4.91. The Morgan fingerprint density at radius 3 is 2.78 bits per heavy atom. The average molecular weight is 370 g/mol. The summed E-state index contributed by atoms with van der Waals surface area (Å²) in [5, 5.41) is 31.6. The molecule has 0 fully saturated rings. The van der Waals surface area contributed by atoms with Gasteiger partial charge in [-0.25, -0.2) is 0 Å². The first-order valence-corrected chi connectivity index (χ1v) is 8.23. The molecule has 0 aliphatic carbocycles. The minimum Gasteiger partial charge on any atom is -0.506 e. The highest BCUT2D eigenvalue weighted by molar-refractivity contribution is 5.87. The summed E-state index contributed by atoms with van der Waals surface area (Å²) in [5.74, 6) is 0.0418. The fourth-order valence-corrected chi connectivity index (χ4v) is 2.36. The van der Waals surface area contributed by atoms with Gasteiger partial charge in [0.05, 0.1) is 19.4 Å². The third kappa shape index (κ3) is 5.32. The summed E-state index contributed by atoms with van der Waals surface area (Å²) >= 11 is 0. The minimum absolute atomic E-state index is 0.0352. The first-order chi connectivity index (χ1) is 13.0. The number of aliphatic hydroxyl groups excluding tert-OH is 1. The molecule has 0 saturated heterocycles. The molecular formula is C20H22N2O5. The number of rotatable bonds is 7. The van der Waals surface area contributed by atoms with Crippen LogP contribution < -0.4 is 10.1 Å². The summed E-state index contributed by atoms with van der Waals surface area (Å²) in [6.45, 7) is 1.44. The third-order valence-corrected chi connectivity index (χ3v) is 3.89. The van der Waals surface area contributed by atoms with Crippen LogP contribution in [0.2, 0.25) is 0 Å². The number of pyridine rings is 1. The molecule has 0 bridgehead atoms. The van der Waals surface area contributed by atoms with E-state index in [1.165, 1.54) is 25.4 Å². The topological polar surface area (TPSA) is 112 Å². The van der Waals surface area contributed by atoms with Crippen molar-refractivity contribution in [2.45, 2.75) is 20.1 Å². The van der Waals surface area contributed by atoms with Crippen molar-refractivity contribution in [2.24, 2.45) is 0 Å². The van der Waals surface area contributed by atoms with E-state index in [1.54, 1.807) is 37.3 Å². The van der Waals surface area contributed by atoms with Gasteiger partial charge in [-0.2, -0.15) is 0 Å². The molecular weight excluding hydrogens is 348 g/mol. The van der Waals surface area contributed by atoms with Crippen molar-refractivity contribution in [3.8, 4) is 17.2 Å². The van der Waals surface area contributed by atoms with Crippen molar-refractivity contribution < 1.29 is 24.9 Å². The average Bonchev–Trinajstić information content (AvgIpc) is 2.67. The molecule has 0 atom stereocenters. The molecule has 1 aromatic carbocycles. The number of aromatic hydroxyl groups is 2. The lowest BCUT2D eigenvalue weighted by Gasteiger charge is -2.11. The number of aromatic nitrogens is 1. The number of hydrogen-bond acceptors (Lipinski definition) is 6. The Hall–Kier alpha value is -3.32. The molecule has 0 radical (unpaired) electrons. The second-order valence-electron chi connectivity index (χ2n) is 5.72. The zero-order valence-corrected chi connectivity index (χ0v) is 15.1. The highest BCUT2D eigenvalue weighted by Gasteiger charge is 2.11. The largest absolute Gasteiger partial charge is 0.506 e. The van der Waals surface area contributed by atoms with Crippen molar-refractivity contribution in [3.63, 3.8) is 0 Å². The summed E-state index contributed by atoms with van der Waals surface area (Å²) in [6.07, 6.45) is 7.82. The number of hydrogen-bond donors (Lipinski definition) is 4. The van der Waals surface area contributed by atoms with E-state index in [2.05, 4.69) is 10.3 Å². The molecule has 0 aliphatic rings. The molecule has 1 aromatic heterocycles. The molecule has 142 valence electrons. The summed E-state index contributed by atoms with van der Waals surface area (Å²) in [5.41, 5.74) is 2.14. The first kappa shape index (κ1) is 20.0. The molecule has 2 aromatic rings. The SMILES string of the molecule is COc1cc(C=CC=CC(=O)NCc2c(CO)cnc(C)c2O)ccc1O. The van der Waals surface area contributed by atoms with Crippen molar-refractivity contribution in [1.29, 1.82) is 0 Å². The Morgan fingerprint density at radius 2 is 2.07 bits per heavy atom. The van der Waals surface area contributed by atoms with Crippen LogP contribution in [-0.4, -0.2) is 33.3 Å². The van der Waals surface area contributed by atoms with Gasteiger partial charge in [-0.15, -0.1) is 0 Å². The van der Waals surface area contributed by atoms with Gasteiger partial charge in [0, 0.05) is 29.9 Å². The van der Waals surface area contributed by atoms with Crippen LogP contribution in [0.25, 0.3) is 6.08 Å². The zero-order chi connectivity index (χ0) is 19.8. The number of allylic oxidation sites excluding steroid dienone is 2. The van der Waals surface area contributed by atoms with Gasteiger partial charge in [0.15, 0.2) is 11.5 Å². The highest BCUT2D eigenvalue weighted by atomic mass is 16.5. The van der Waals surface area contributed by atoms with E-state index in [4.69, 9.17) is 4.74 Å². The maximum atomic E-state index is 11.9. The molecule has 1 amide bonds. The van der Waals surface area contributed by atoms with Gasteiger partial charge in [0.1, 0.15) is 5.75 Å². The number of benzene rings is 1. The van der Waals surface area contributed by atoms with Gasteiger partial charge in [0.2, 0.25) is 5.91 Å². The Morgan fingerprint density at radius 1 is 1.30 bits per heavy atom. The lowest BCUT2D eigenvalue weighted by Crippen LogP contribution is -2.21. The quantitative estimate of drug-likeness (QED) is 0.439. The normalized spacial score (nSPS) is 11.2. The number of ether oxygens (including phenoxy) is 1. The lowest BCUT2D eigenvalue weighted by atomic mass is 10.1. The molecule has 7 nitrogen and oxygen atoms in total. The second-order valence-corrected chi connectivity index (χ2v) is 5.72. The first-order valence-electron chi connectivity index (χ1n) is 8.23. The van der Waals surface area contributed by atoms with Crippen LogP contribution in [0.4, 0.5) is 0 Å². The molecule has 0 saturated carbocycles. The van der Waals surface area contributed by atoms with Crippen LogP contribution in [0, 0.1) is 6.92 Å². The van der Waals surface area contributed by atoms with Crippen molar-refractivity contribution in [1.82, 2.24) is 10.3 Å². The van der Waals surface area contributed by atoms with E-state index < -0.39 is 0 Å². The summed E-state index contributed by atoms with van der Waals surface area (Å²) in [7, 11) is 1.47. The molecule has 0 spiro atoms. The molecule has 0 aliphatic heterocycles. The fraction of sp³-hybridized carbons (Fsp3) is 0.200. The van der Waals surface area contributed by atoms with Gasteiger partial charge in [0.25, 0.3) is 0 Å². The number of methoxy groups -OCH3 is 1. The van der Waals surface area contributed by atoms with E-state index >= 15 is 0 Å². The van der Waals surface area contributed by atoms with Gasteiger partial charge < -0.3 is 25.4 Å². The molecule has 4 N–H and O–H groups in total.